The Hall–Kier alpha value is -1.10. The predicted molar refractivity (Wildman–Crippen MR) is 71.6 cm³/mol. The molecule has 1 spiro atoms. The fourth-order valence-electron chi connectivity index (χ4n) is 3.42. The maximum atomic E-state index is 12.8. The topological polar surface area (TPSA) is 58.6 Å². The van der Waals surface area contributed by atoms with E-state index in [2.05, 4.69) is 5.32 Å². The number of amides is 2. The van der Waals surface area contributed by atoms with E-state index in [9.17, 15) is 9.59 Å². The first kappa shape index (κ1) is 14.3. The Bertz CT molecular complexity index is 364. The van der Waals surface area contributed by atoms with Gasteiger partial charge in [0.25, 0.3) is 0 Å². The van der Waals surface area contributed by atoms with E-state index in [1.54, 1.807) is 12.0 Å². The van der Waals surface area contributed by atoms with Crippen LogP contribution in [0.5, 0.6) is 0 Å². The van der Waals surface area contributed by atoms with Crippen LogP contribution < -0.4 is 5.32 Å². The van der Waals surface area contributed by atoms with Gasteiger partial charge >= 0.3 is 0 Å². The summed E-state index contributed by atoms with van der Waals surface area (Å²) < 4.78 is 5.16. The molecule has 1 saturated carbocycles. The zero-order valence-electron chi connectivity index (χ0n) is 12.1. The Morgan fingerprint density at radius 2 is 2.05 bits per heavy atom. The molecule has 2 atom stereocenters. The number of carbonyl (C=O) groups is 2. The molecule has 2 unspecified atom stereocenters. The Kier molecular flexibility index (Phi) is 4.13. The number of ether oxygens (including phenoxy) is 1. The summed E-state index contributed by atoms with van der Waals surface area (Å²) in [6.45, 7) is 4.35. The Morgan fingerprint density at radius 3 is 2.58 bits per heavy atom. The molecular formula is C14H24N2O3. The minimum absolute atomic E-state index is 0.00745. The van der Waals surface area contributed by atoms with E-state index in [1.165, 1.54) is 0 Å². The number of nitrogens with one attached hydrogen (secondary N) is 1. The van der Waals surface area contributed by atoms with Crippen molar-refractivity contribution in [3.63, 3.8) is 0 Å². The minimum Gasteiger partial charge on any atom is -0.383 e. The van der Waals surface area contributed by atoms with Crippen molar-refractivity contribution in [1.82, 2.24) is 10.2 Å². The van der Waals surface area contributed by atoms with Crippen LogP contribution in [0.25, 0.3) is 0 Å². The molecule has 0 bridgehead atoms. The normalized spacial score (nSPS) is 27.7. The summed E-state index contributed by atoms with van der Waals surface area (Å²) >= 11 is 0. The third-order valence-electron chi connectivity index (χ3n) is 4.37. The molecule has 0 aromatic rings. The molecule has 1 N–H and O–H groups in total. The maximum absolute atomic E-state index is 12.8. The molecule has 0 radical (unpaired) electrons. The quantitative estimate of drug-likeness (QED) is 0.829. The van der Waals surface area contributed by atoms with E-state index in [4.69, 9.17) is 4.74 Å². The Morgan fingerprint density at radius 1 is 1.42 bits per heavy atom. The standard InChI is InChI=1S/C14H24N2O3/c1-4-11-12(17)15-14(7-5-6-8-14)13(18)16(11)10(2)9-19-3/h10-11H,4-9H2,1-3H3,(H,15,17). The maximum Gasteiger partial charge on any atom is 0.249 e. The van der Waals surface area contributed by atoms with Crippen LogP contribution >= 0.6 is 0 Å². The van der Waals surface area contributed by atoms with Crippen molar-refractivity contribution in [3.8, 4) is 0 Å². The summed E-state index contributed by atoms with van der Waals surface area (Å²) in [7, 11) is 1.62. The van der Waals surface area contributed by atoms with Gasteiger partial charge in [0.15, 0.2) is 0 Å². The van der Waals surface area contributed by atoms with Crippen LogP contribution in [0.2, 0.25) is 0 Å². The minimum atomic E-state index is -0.634. The number of carbonyl (C=O) groups excluding carboxylic acids is 2. The van der Waals surface area contributed by atoms with Gasteiger partial charge in [-0.25, -0.2) is 0 Å². The van der Waals surface area contributed by atoms with Crippen molar-refractivity contribution in [2.45, 2.75) is 63.6 Å². The van der Waals surface area contributed by atoms with Crippen molar-refractivity contribution in [3.05, 3.63) is 0 Å². The van der Waals surface area contributed by atoms with Crippen molar-refractivity contribution in [2.75, 3.05) is 13.7 Å². The highest BCUT2D eigenvalue weighted by Gasteiger charge is 2.52. The average Bonchev–Trinajstić information content (AvgIpc) is 2.83. The van der Waals surface area contributed by atoms with E-state index in [1.807, 2.05) is 13.8 Å². The predicted octanol–water partition coefficient (Wildman–Crippen LogP) is 1.07. The van der Waals surface area contributed by atoms with Crippen LogP contribution in [0, 0.1) is 0 Å². The van der Waals surface area contributed by atoms with Gasteiger partial charge in [0.05, 0.1) is 12.6 Å². The van der Waals surface area contributed by atoms with E-state index < -0.39 is 5.54 Å². The smallest absolute Gasteiger partial charge is 0.249 e. The van der Waals surface area contributed by atoms with Crippen LogP contribution in [0.1, 0.15) is 46.0 Å². The summed E-state index contributed by atoms with van der Waals surface area (Å²) in [5.74, 6) is 0.0768. The van der Waals surface area contributed by atoms with Crippen molar-refractivity contribution >= 4 is 11.8 Å². The molecule has 1 saturated heterocycles. The summed E-state index contributed by atoms with van der Waals surface area (Å²) in [6.07, 6.45) is 4.20. The lowest BCUT2D eigenvalue weighted by Gasteiger charge is -2.46. The van der Waals surface area contributed by atoms with Gasteiger partial charge in [0.1, 0.15) is 11.6 Å². The summed E-state index contributed by atoms with van der Waals surface area (Å²) in [5, 5.41) is 3.00. The monoisotopic (exact) mass is 268 g/mol. The number of methoxy groups -OCH3 is 1. The van der Waals surface area contributed by atoms with Crippen molar-refractivity contribution in [1.29, 1.82) is 0 Å². The van der Waals surface area contributed by atoms with Gasteiger partial charge in [0.2, 0.25) is 11.8 Å². The van der Waals surface area contributed by atoms with Gasteiger partial charge in [-0.1, -0.05) is 19.8 Å². The molecule has 0 aromatic heterocycles. The molecule has 5 nitrogen and oxygen atoms in total. The molecule has 2 fully saturated rings. The lowest BCUT2D eigenvalue weighted by molar-refractivity contribution is -0.158. The van der Waals surface area contributed by atoms with Crippen LogP contribution in [0.15, 0.2) is 0 Å². The van der Waals surface area contributed by atoms with Gasteiger partial charge in [0, 0.05) is 7.11 Å². The van der Waals surface area contributed by atoms with E-state index in [0.717, 1.165) is 25.7 Å². The van der Waals surface area contributed by atoms with E-state index in [0.29, 0.717) is 13.0 Å². The SMILES string of the molecule is CCC1C(=O)NC2(CCCC2)C(=O)N1C(C)COC. The van der Waals surface area contributed by atoms with Crippen LogP contribution in [0.4, 0.5) is 0 Å². The summed E-state index contributed by atoms with van der Waals surface area (Å²) in [5.41, 5.74) is -0.634. The number of hydrogen-bond acceptors (Lipinski definition) is 3. The molecule has 2 amide bonds. The zero-order chi connectivity index (χ0) is 14.0. The second kappa shape index (κ2) is 5.49. The van der Waals surface area contributed by atoms with Crippen LogP contribution in [-0.4, -0.2) is 48.1 Å². The van der Waals surface area contributed by atoms with Gasteiger partial charge in [-0.15, -0.1) is 0 Å². The van der Waals surface area contributed by atoms with E-state index in [-0.39, 0.29) is 23.9 Å². The average molecular weight is 268 g/mol. The van der Waals surface area contributed by atoms with Gasteiger partial charge in [-0.3, -0.25) is 9.59 Å². The highest BCUT2D eigenvalue weighted by Crippen LogP contribution is 2.35. The highest BCUT2D eigenvalue weighted by atomic mass is 16.5. The molecule has 108 valence electrons. The fourth-order valence-corrected chi connectivity index (χ4v) is 3.42. The van der Waals surface area contributed by atoms with Gasteiger partial charge < -0.3 is 15.0 Å². The Labute approximate surface area is 114 Å². The Balaban J connectivity index is 2.28. The molecular weight excluding hydrogens is 244 g/mol. The molecule has 19 heavy (non-hydrogen) atoms. The number of piperazine rings is 1. The van der Waals surface area contributed by atoms with Gasteiger partial charge in [-0.05, 0) is 26.2 Å². The largest absolute Gasteiger partial charge is 0.383 e. The molecule has 1 aliphatic carbocycles. The van der Waals surface area contributed by atoms with Crippen LogP contribution in [0.3, 0.4) is 0 Å². The number of rotatable bonds is 4. The molecule has 2 aliphatic rings. The highest BCUT2D eigenvalue weighted by molar-refractivity contribution is 6.00. The zero-order valence-corrected chi connectivity index (χ0v) is 12.1. The summed E-state index contributed by atoms with van der Waals surface area (Å²) in [4.78, 5) is 26.9. The molecule has 2 rings (SSSR count). The molecule has 1 heterocycles. The fraction of sp³-hybridized carbons (Fsp3) is 0.857. The molecule has 1 aliphatic heterocycles. The first-order valence-corrected chi connectivity index (χ1v) is 7.19. The summed E-state index contributed by atoms with van der Waals surface area (Å²) in [6, 6.07) is -0.421. The lowest BCUT2D eigenvalue weighted by atomic mass is 9.89. The van der Waals surface area contributed by atoms with Crippen molar-refractivity contribution < 1.29 is 14.3 Å². The first-order chi connectivity index (χ1) is 9.05. The van der Waals surface area contributed by atoms with Crippen molar-refractivity contribution in [2.24, 2.45) is 0 Å². The second-order valence-corrected chi connectivity index (χ2v) is 5.72. The third-order valence-corrected chi connectivity index (χ3v) is 4.37. The van der Waals surface area contributed by atoms with Gasteiger partial charge in [-0.2, -0.15) is 0 Å². The van der Waals surface area contributed by atoms with E-state index >= 15 is 0 Å². The molecule has 0 aromatic carbocycles. The first-order valence-electron chi connectivity index (χ1n) is 7.19. The third kappa shape index (κ3) is 2.36. The van der Waals surface area contributed by atoms with Crippen LogP contribution in [-0.2, 0) is 14.3 Å². The number of hydrogen-bond donors (Lipinski definition) is 1. The lowest BCUT2D eigenvalue weighted by Crippen LogP contribution is -2.71. The molecule has 5 heteroatoms. The number of nitrogens with zero attached hydrogens (tertiary/aromatic N) is 1. The second-order valence-electron chi connectivity index (χ2n) is 5.72.